The maximum absolute atomic E-state index is 3.74. The topological polar surface area (TPSA) is 8.81 Å². The van der Waals surface area contributed by atoms with Gasteiger partial charge in [-0.05, 0) is 6.92 Å². The van der Waals surface area contributed by atoms with Crippen molar-refractivity contribution in [3.05, 3.63) is 30.9 Å². The Bertz CT molecular complexity index is 266. The largest absolute Gasteiger partial charge is 1.00 e. The zero-order valence-electron chi connectivity index (χ0n) is 8.33. The monoisotopic (exact) mass is 244 g/mol. The Balaban J connectivity index is 0.00000144. The zero-order chi connectivity index (χ0) is 8.97. The normalized spacial score (nSPS) is 9.38. The van der Waals surface area contributed by atoms with Gasteiger partial charge in [0.25, 0.3) is 5.82 Å². The van der Waals surface area contributed by atoms with Gasteiger partial charge in [-0.15, -0.1) is 0 Å². The molecule has 0 aliphatic heterocycles. The molecular weight excluding hydrogens is 228 g/mol. The molecule has 0 aliphatic carbocycles. The van der Waals surface area contributed by atoms with Crippen molar-refractivity contribution in [2.45, 2.75) is 33.4 Å². The molecule has 1 rings (SSSR count). The van der Waals surface area contributed by atoms with Gasteiger partial charge in [0.15, 0.2) is 0 Å². The lowest BCUT2D eigenvalue weighted by molar-refractivity contribution is -0.693. The molecule has 1 aromatic heterocycles. The van der Waals surface area contributed by atoms with Crippen LogP contribution in [0.1, 0.15) is 19.7 Å². The van der Waals surface area contributed by atoms with Crippen molar-refractivity contribution in [2.75, 3.05) is 0 Å². The molecule has 3 heteroatoms. The molecule has 0 bridgehead atoms. The molecular formula is C10H17BrN2. The summed E-state index contributed by atoms with van der Waals surface area (Å²) < 4.78 is 4.50. The lowest BCUT2D eigenvalue weighted by Crippen LogP contribution is -3.00. The van der Waals surface area contributed by atoms with Crippen LogP contribution in [0.25, 0.3) is 0 Å². The summed E-state index contributed by atoms with van der Waals surface area (Å²) in [4.78, 5) is 0. The SMILES string of the molecule is C=CC[n+]1ccn(CC)c1CC.[Br-]. The first-order chi connectivity index (χ1) is 5.83. The van der Waals surface area contributed by atoms with E-state index in [4.69, 9.17) is 0 Å². The minimum Gasteiger partial charge on any atom is -1.00 e. The van der Waals surface area contributed by atoms with Crippen LogP contribution in [-0.2, 0) is 19.5 Å². The van der Waals surface area contributed by atoms with Crippen LogP contribution < -0.4 is 21.5 Å². The molecule has 0 spiro atoms. The summed E-state index contributed by atoms with van der Waals surface area (Å²) in [6, 6.07) is 0. The summed E-state index contributed by atoms with van der Waals surface area (Å²) in [5.74, 6) is 1.37. The highest BCUT2D eigenvalue weighted by Crippen LogP contribution is 1.96. The van der Waals surface area contributed by atoms with E-state index in [9.17, 15) is 0 Å². The van der Waals surface area contributed by atoms with E-state index in [-0.39, 0.29) is 17.0 Å². The second kappa shape index (κ2) is 5.97. The minimum absolute atomic E-state index is 0. The van der Waals surface area contributed by atoms with E-state index in [1.807, 2.05) is 6.08 Å². The van der Waals surface area contributed by atoms with E-state index >= 15 is 0 Å². The summed E-state index contributed by atoms with van der Waals surface area (Å²) in [5.41, 5.74) is 0. The van der Waals surface area contributed by atoms with Crippen molar-refractivity contribution in [1.82, 2.24) is 4.57 Å². The molecule has 74 valence electrons. The van der Waals surface area contributed by atoms with Crippen molar-refractivity contribution < 1.29 is 21.5 Å². The van der Waals surface area contributed by atoms with Crippen molar-refractivity contribution in [3.63, 3.8) is 0 Å². The van der Waals surface area contributed by atoms with Gasteiger partial charge in [0.1, 0.15) is 18.9 Å². The van der Waals surface area contributed by atoms with Gasteiger partial charge in [0.05, 0.1) is 6.54 Å². The van der Waals surface area contributed by atoms with E-state index in [0.717, 1.165) is 19.5 Å². The molecule has 0 aliphatic rings. The molecule has 0 radical (unpaired) electrons. The van der Waals surface area contributed by atoms with Crippen LogP contribution in [0.2, 0.25) is 0 Å². The Labute approximate surface area is 90.7 Å². The lowest BCUT2D eigenvalue weighted by atomic mass is 10.4. The highest BCUT2D eigenvalue weighted by atomic mass is 79.9. The smallest absolute Gasteiger partial charge is 0.256 e. The van der Waals surface area contributed by atoms with Crippen molar-refractivity contribution in [2.24, 2.45) is 0 Å². The molecule has 0 N–H and O–H groups in total. The first kappa shape index (κ1) is 12.4. The fraction of sp³-hybridized carbons (Fsp3) is 0.500. The molecule has 0 saturated carbocycles. The van der Waals surface area contributed by atoms with Crippen LogP contribution >= 0.6 is 0 Å². The van der Waals surface area contributed by atoms with Crippen LogP contribution in [0.4, 0.5) is 0 Å². The Morgan fingerprint density at radius 2 is 2.23 bits per heavy atom. The van der Waals surface area contributed by atoms with Crippen LogP contribution in [0.5, 0.6) is 0 Å². The van der Waals surface area contributed by atoms with Gasteiger partial charge >= 0.3 is 0 Å². The molecule has 0 saturated heterocycles. The predicted molar refractivity (Wildman–Crippen MR) is 49.9 cm³/mol. The minimum atomic E-state index is 0. The predicted octanol–water partition coefficient (Wildman–Crippen LogP) is -1.45. The molecule has 2 nitrogen and oxygen atoms in total. The molecule has 0 unspecified atom stereocenters. The number of aromatic nitrogens is 2. The number of rotatable bonds is 4. The fourth-order valence-corrected chi connectivity index (χ4v) is 1.50. The quantitative estimate of drug-likeness (QED) is 0.453. The number of imidazole rings is 1. The Hall–Kier alpha value is -0.570. The summed E-state index contributed by atoms with van der Waals surface area (Å²) in [6.45, 7) is 10.0. The number of allylic oxidation sites excluding steroid dienone is 1. The van der Waals surface area contributed by atoms with E-state index in [0.29, 0.717) is 0 Å². The van der Waals surface area contributed by atoms with Gasteiger partial charge in [0.2, 0.25) is 0 Å². The number of halogens is 1. The summed E-state index contributed by atoms with van der Waals surface area (Å²) >= 11 is 0. The molecule has 0 amide bonds. The van der Waals surface area contributed by atoms with Crippen molar-refractivity contribution in [1.29, 1.82) is 0 Å². The number of aryl methyl sites for hydroxylation is 1. The van der Waals surface area contributed by atoms with Crippen LogP contribution in [0, 0.1) is 0 Å². The Morgan fingerprint density at radius 1 is 1.54 bits per heavy atom. The highest BCUT2D eigenvalue weighted by molar-refractivity contribution is 4.83. The maximum atomic E-state index is 3.74. The standard InChI is InChI=1S/C10H17N2.BrH/c1-4-7-12-9-8-11(6-3)10(12)5-2;/h4,8-9H,1,5-7H2,2-3H3;1H/q+1;/p-1. The average Bonchev–Trinajstić information content (AvgIpc) is 2.47. The van der Waals surface area contributed by atoms with Crippen LogP contribution in [0.3, 0.4) is 0 Å². The summed E-state index contributed by atoms with van der Waals surface area (Å²) in [6.07, 6.45) is 7.25. The Kier molecular flexibility index (Phi) is 5.71. The van der Waals surface area contributed by atoms with Gasteiger partial charge < -0.3 is 17.0 Å². The van der Waals surface area contributed by atoms with Gasteiger partial charge in [-0.3, -0.25) is 0 Å². The number of hydrogen-bond donors (Lipinski definition) is 0. The van der Waals surface area contributed by atoms with Crippen molar-refractivity contribution in [3.8, 4) is 0 Å². The number of nitrogens with zero attached hydrogens (tertiary/aromatic N) is 2. The molecule has 1 aromatic rings. The fourth-order valence-electron chi connectivity index (χ4n) is 1.50. The maximum Gasteiger partial charge on any atom is 0.256 e. The lowest BCUT2D eigenvalue weighted by Gasteiger charge is -1.97. The van der Waals surface area contributed by atoms with E-state index in [1.165, 1.54) is 5.82 Å². The Morgan fingerprint density at radius 3 is 2.69 bits per heavy atom. The number of hydrogen-bond acceptors (Lipinski definition) is 0. The molecule has 0 atom stereocenters. The molecule has 13 heavy (non-hydrogen) atoms. The van der Waals surface area contributed by atoms with E-state index < -0.39 is 0 Å². The van der Waals surface area contributed by atoms with Crippen LogP contribution in [0.15, 0.2) is 25.0 Å². The third-order valence-electron chi connectivity index (χ3n) is 2.07. The first-order valence-electron chi connectivity index (χ1n) is 4.51. The molecule has 0 fully saturated rings. The molecule has 1 heterocycles. The van der Waals surface area contributed by atoms with Gasteiger partial charge in [-0.1, -0.05) is 19.6 Å². The van der Waals surface area contributed by atoms with Crippen molar-refractivity contribution >= 4 is 0 Å². The van der Waals surface area contributed by atoms with Crippen LogP contribution in [-0.4, -0.2) is 4.57 Å². The van der Waals surface area contributed by atoms with E-state index in [1.54, 1.807) is 0 Å². The highest BCUT2D eigenvalue weighted by Gasteiger charge is 2.11. The second-order valence-electron chi connectivity index (χ2n) is 2.79. The first-order valence-corrected chi connectivity index (χ1v) is 4.51. The van der Waals surface area contributed by atoms with Gasteiger partial charge in [-0.25, -0.2) is 9.13 Å². The van der Waals surface area contributed by atoms with E-state index in [2.05, 4.69) is 42.0 Å². The summed E-state index contributed by atoms with van der Waals surface area (Å²) in [5, 5.41) is 0. The third kappa shape index (κ3) is 2.69. The second-order valence-corrected chi connectivity index (χ2v) is 2.79. The molecule has 0 aromatic carbocycles. The van der Waals surface area contributed by atoms with Gasteiger partial charge in [-0.2, -0.15) is 0 Å². The average molecular weight is 245 g/mol. The summed E-state index contributed by atoms with van der Waals surface area (Å²) in [7, 11) is 0. The third-order valence-corrected chi connectivity index (χ3v) is 2.07. The van der Waals surface area contributed by atoms with Gasteiger partial charge in [0, 0.05) is 6.42 Å². The zero-order valence-corrected chi connectivity index (χ0v) is 9.92.